The Bertz CT molecular complexity index is 1290. The minimum absolute atomic E-state index is 0.0166. The van der Waals surface area contributed by atoms with Crippen LogP contribution in [0.25, 0.3) is 0 Å². The van der Waals surface area contributed by atoms with Crippen molar-refractivity contribution in [2.45, 2.75) is 198 Å². The van der Waals surface area contributed by atoms with Crippen LogP contribution >= 0.6 is 0 Å². The van der Waals surface area contributed by atoms with Gasteiger partial charge in [0.1, 0.15) is 30.0 Å². The zero-order valence-corrected chi connectivity index (χ0v) is 36.7. The Kier molecular flexibility index (Phi) is 17.8. The van der Waals surface area contributed by atoms with Crippen LogP contribution in [0.2, 0.25) is 0 Å². The summed E-state index contributed by atoms with van der Waals surface area (Å²) in [5, 5.41) is 67.9. The molecule has 0 aliphatic carbocycles. The summed E-state index contributed by atoms with van der Waals surface area (Å²) < 4.78 is 37.7. The van der Waals surface area contributed by atoms with Gasteiger partial charge >= 0.3 is 11.9 Å². The van der Waals surface area contributed by atoms with E-state index in [4.69, 9.17) is 28.4 Å². The molecule has 18 atom stereocenters. The van der Waals surface area contributed by atoms with Crippen LogP contribution in [0.3, 0.4) is 0 Å². The molecule has 0 aromatic rings. The lowest BCUT2D eigenvalue weighted by molar-refractivity contribution is -0.318. The van der Waals surface area contributed by atoms with E-state index in [0.717, 1.165) is 0 Å². The third kappa shape index (κ3) is 12.1. The van der Waals surface area contributed by atoms with Crippen molar-refractivity contribution in [2.75, 3.05) is 34.3 Å². The largest absolute Gasteiger partial charge is 0.481 e. The number of hydrogen-bond donors (Lipinski definition) is 6. The van der Waals surface area contributed by atoms with Gasteiger partial charge in [0.15, 0.2) is 12.6 Å². The number of nitrogens with zero attached hydrogens (tertiary/aromatic N) is 2. The van der Waals surface area contributed by atoms with E-state index >= 15 is 0 Å². The molecule has 16 nitrogen and oxygen atoms in total. The lowest BCUT2D eigenvalue weighted by Gasteiger charge is -2.49. The Labute approximate surface area is 340 Å². The first kappa shape index (κ1) is 49.8. The standard InChI is InChI=1S/C41H76N2O14/c1-14-29-41(10,51)34(47)26(6)43(12)21-22(2)19-39(8,50)36(57-38-32(46)28(18-23(3)53-38)42(11)17-15-16-30(44)45)24(4)33(25(5)37(49)55-29)56-31-20-40(9,52-13)35(48)27(7)54-31/h22-29,31-36,38,46-48,50-51H,14-21H2,1-13H3,(H,44,45)/t22-,23-,24+,25-,26-,27+,28+,29-,31+,32-,33+,34-,35+,36-,38+,39-,40-,41-/m1/s1. The fourth-order valence-electron chi connectivity index (χ4n) is 9.31. The van der Waals surface area contributed by atoms with Crippen LogP contribution in [-0.4, -0.2) is 177 Å². The summed E-state index contributed by atoms with van der Waals surface area (Å²) in [5.74, 6) is -3.70. The molecule has 0 saturated carbocycles. The Morgan fingerprint density at radius 3 is 2.19 bits per heavy atom. The molecule has 0 spiro atoms. The molecule has 0 aromatic carbocycles. The van der Waals surface area contributed by atoms with E-state index in [2.05, 4.69) is 0 Å². The topological polar surface area (TPSA) is 217 Å². The van der Waals surface area contributed by atoms with Crippen LogP contribution < -0.4 is 0 Å². The number of aliphatic hydroxyl groups is 5. The van der Waals surface area contributed by atoms with Gasteiger partial charge in [0.25, 0.3) is 0 Å². The molecule has 3 aliphatic rings. The smallest absolute Gasteiger partial charge is 0.311 e. The lowest BCUT2D eigenvalue weighted by Crippen LogP contribution is -2.60. The highest BCUT2D eigenvalue weighted by molar-refractivity contribution is 5.73. The highest BCUT2D eigenvalue weighted by Gasteiger charge is 2.52. The molecule has 3 fully saturated rings. The summed E-state index contributed by atoms with van der Waals surface area (Å²) in [7, 11) is 5.13. The van der Waals surface area contributed by atoms with E-state index in [1.54, 1.807) is 48.5 Å². The molecule has 3 heterocycles. The van der Waals surface area contributed by atoms with E-state index in [1.807, 2.05) is 37.7 Å². The van der Waals surface area contributed by atoms with Crippen LogP contribution in [0, 0.1) is 17.8 Å². The predicted octanol–water partition coefficient (Wildman–Crippen LogP) is 2.14. The molecule has 0 unspecified atom stereocenters. The Morgan fingerprint density at radius 1 is 0.982 bits per heavy atom. The van der Waals surface area contributed by atoms with Crippen molar-refractivity contribution in [2.24, 2.45) is 17.8 Å². The minimum Gasteiger partial charge on any atom is -0.481 e. The van der Waals surface area contributed by atoms with E-state index in [9.17, 15) is 40.2 Å². The number of carbonyl (C=O) groups is 2. The third-order valence-corrected chi connectivity index (χ3v) is 13.0. The molecule has 0 bridgehead atoms. The number of carbonyl (C=O) groups excluding carboxylic acids is 1. The van der Waals surface area contributed by atoms with Crippen LogP contribution in [0.15, 0.2) is 0 Å². The van der Waals surface area contributed by atoms with Crippen LogP contribution in [0.5, 0.6) is 0 Å². The monoisotopic (exact) mass is 821 g/mol. The van der Waals surface area contributed by atoms with E-state index in [-0.39, 0.29) is 37.7 Å². The zero-order chi connectivity index (χ0) is 43.4. The number of methoxy groups -OCH3 is 1. The highest BCUT2D eigenvalue weighted by Crippen LogP contribution is 2.40. The van der Waals surface area contributed by atoms with E-state index < -0.39 is 108 Å². The van der Waals surface area contributed by atoms with Crippen molar-refractivity contribution in [3.05, 3.63) is 0 Å². The second-order valence-corrected chi connectivity index (χ2v) is 18.2. The Hall–Kier alpha value is -1.54. The molecule has 0 amide bonds. The van der Waals surface area contributed by atoms with Crippen molar-refractivity contribution in [3.63, 3.8) is 0 Å². The SMILES string of the molecule is CC[C@H]1OC(=O)[C@H](C)[C@@H](O[C@H]2C[C@@](C)(OC)[C@@H](O)[C@H](C)O2)[C@H](C)[C@@H](O[C@@H]2O[C@H](C)C[C@H](N(C)CCCC(=O)O)[C@H]2O)[C@](C)(O)C[C@@H](C)CN(C)[C@H](C)[C@@H](O)[C@]1(C)O. The van der Waals surface area contributed by atoms with Gasteiger partial charge in [-0.05, 0) is 101 Å². The third-order valence-electron chi connectivity index (χ3n) is 13.0. The Morgan fingerprint density at radius 2 is 1.61 bits per heavy atom. The maximum Gasteiger partial charge on any atom is 0.311 e. The summed E-state index contributed by atoms with van der Waals surface area (Å²) in [6.07, 6.45) is -8.78. The fourth-order valence-corrected chi connectivity index (χ4v) is 9.31. The van der Waals surface area contributed by atoms with Gasteiger partial charge in [-0.3, -0.25) is 9.59 Å². The van der Waals surface area contributed by atoms with Gasteiger partial charge in [-0.2, -0.15) is 0 Å². The average molecular weight is 821 g/mol. The van der Waals surface area contributed by atoms with Gasteiger partial charge in [0, 0.05) is 44.5 Å². The summed E-state index contributed by atoms with van der Waals surface area (Å²) in [6, 6.07) is -1.03. The number of esters is 1. The number of ether oxygens (including phenoxy) is 6. The van der Waals surface area contributed by atoms with Crippen molar-refractivity contribution in [1.29, 1.82) is 0 Å². The van der Waals surface area contributed by atoms with E-state index in [1.165, 1.54) is 14.0 Å². The molecule has 3 aliphatic heterocycles. The number of aliphatic hydroxyl groups excluding tert-OH is 3. The second kappa shape index (κ2) is 20.3. The molecule has 57 heavy (non-hydrogen) atoms. The first-order chi connectivity index (χ1) is 26.3. The molecular weight excluding hydrogens is 744 g/mol. The van der Waals surface area contributed by atoms with Crippen molar-refractivity contribution >= 4 is 11.9 Å². The fraction of sp³-hybridized carbons (Fsp3) is 0.951. The average Bonchev–Trinajstić information content (AvgIpc) is 3.12. The molecule has 334 valence electrons. The maximum atomic E-state index is 14.3. The van der Waals surface area contributed by atoms with E-state index in [0.29, 0.717) is 25.9 Å². The number of cyclic esters (lactones) is 1. The number of likely N-dealkylation sites (N-methyl/N-ethyl adjacent to an activating group) is 2. The second-order valence-electron chi connectivity index (χ2n) is 18.2. The molecule has 3 saturated heterocycles. The number of carboxylic acids is 1. The first-order valence-electron chi connectivity index (χ1n) is 20.8. The number of aliphatic carboxylic acids is 1. The van der Waals surface area contributed by atoms with Crippen molar-refractivity contribution in [3.8, 4) is 0 Å². The molecule has 0 aromatic heterocycles. The molecule has 6 N–H and O–H groups in total. The van der Waals surface area contributed by atoms with Gasteiger partial charge in [-0.25, -0.2) is 0 Å². The first-order valence-corrected chi connectivity index (χ1v) is 20.8. The summed E-state index contributed by atoms with van der Waals surface area (Å²) in [6.45, 7) is 18.1. The minimum atomic E-state index is -1.83. The summed E-state index contributed by atoms with van der Waals surface area (Å²) in [5.41, 5.74) is -4.52. The van der Waals surface area contributed by atoms with Crippen LogP contribution in [0.1, 0.15) is 108 Å². The maximum absolute atomic E-state index is 14.3. The van der Waals surface area contributed by atoms with Gasteiger partial charge in [-0.1, -0.05) is 20.8 Å². The Balaban J connectivity index is 2.15. The zero-order valence-electron chi connectivity index (χ0n) is 36.7. The molecular formula is C41H76N2O14. The van der Waals surface area contributed by atoms with Gasteiger partial charge in [0.05, 0.1) is 41.5 Å². The lowest BCUT2D eigenvalue weighted by atomic mass is 9.77. The van der Waals surface area contributed by atoms with Crippen LogP contribution in [-0.2, 0) is 38.0 Å². The number of hydrogen-bond acceptors (Lipinski definition) is 15. The van der Waals surface area contributed by atoms with Gasteiger partial charge in [-0.15, -0.1) is 0 Å². The highest BCUT2D eigenvalue weighted by atomic mass is 16.7. The number of carboxylic acid groups (broad SMARTS) is 1. The molecule has 3 rings (SSSR count). The van der Waals surface area contributed by atoms with Gasteiger partial charge in [0.2, 0.25) is 0 Å². The van der Waals surface area contributed by atoms with Crippen LogP contribution in [0.4, 0.5) is 0 Å². The normalized spacial score (nSPS) is 46.2. The number of rotatable bonds is 11. The predicted molar refractivity (Wildman–Crippen MR) is 210 cm³/mol. The molecule has 0 radical (unpaired) electrons. The van der Waals surface area contributed by atoms with Crippen molar-refractivity contribution in [1.82, 2.24) is 9.80 Å². The van der Waals surface area contributed by atoms with Crippen molar-refractivity contribution < 1.29 is 68.6 Å². The quantitative estimate of drug-likeness (QED) is 0.165. The molecule has 16 heteroatoms. The summed E-state index contributed by atoms with van der Waals surface area (Å²) >= 11 is 0. The summed E-state index contributed by atoms with van der Waals surface area (Å²) in [4.78, 5) is 29.3. The van der Waals surface area contributed by atoms with Gasteiger partial charge < -0.3 is 68.9 Å².